The molecule has 1 aromatic rings. The molecule has 0 heterocycles. The molecule has 58 valence electrons. The van der Waals surface area contributed by atoms with E-state index in [4.69, 9.17) is 4.78 Å². The van der Waals surface area contributed by atoms with Crippen molar-refractivity contribution in [2.24, 2.45) is 0 Å². The molecule has 0 saturated heterocycles. The standard InChI is InChI=1S/C8H8NOS/c1-2-7-3-5-8(6-4-7)11(9)10/h2-6,9H,1H2/q-1. The van der Waals surface area contributed by atoms with E-state index in [1.807, 2.05) is 0 Å². The fourth-order valence-corrected chi connectivity index (χ4v) is 1.11. The molecule has 11 heavy (non-hydrogen) atoms. The van der Waals surface area contributed by atoms with E-state index in [0.717, 1.165) is 5.56 Å². The lowest BCUT2D eigenvalue weighted by Gasteiger charge is -2.00. The van der Waals surface area contributed by atoms with Crippen LogP contribution in [0.25, 0.3) is 6.08 Å². The maximum Gasteiger partial charge on any atom is -0.0264 e. The summed E-state index contributed by atoms with van der Waals surface area (Å²) >= 11 is 0. The van der Waals surface area contributed by atoms with Crippen molar-refractivity contribution in [2.75, 3.05) is 0 Å². The smallest absolute Gasteiger partial charge is 0.0264 e. The van der Waals surface area contributed by atoms with Crippen LogP contribution in [0.3, 0.4) is 0 Å². The average molecular weight is 166 g/mol. The molecule has 3 heteroatoms. The van der Waals surface area contributed by atoms with Crippen LogP contribution in [0, 0.1) is 4.78 Å². The van der Waals surface area contributed by atoms with Gasteiger partial charge in [0.1, 0.15) is 0 Å². The van der Waals surface area contributed by atoms with Crippen molar-refractivity contribution in [2.45, 2.75) is 4.90 Å². The first-order valence-electron chi connectivity index (χ1n) is 3.09. The Bertz CT molecular complexity index is 316. The third-order valence-corrected chi connectivity index (χ3v) is 2.03. The Hall–Kier alpha value is -1.09. The van der Waals surface area contributed by atoms with Gasteiger partial charge in [-0.25, -0.2) is 0 Å². The minimum Gasteiger partial charge on any atom is -0.440 e. The van der Waals surface area contributed by atoms with E-state index in [-0.39, 0.29) is 0 Å². The average Bonchev–Trinajstić information content (AvgIpc) is 2.05. The number of hydrogen-bond donors (Lipinski definition) is 1. The maximum absolute atomic E-state index is 10.6. The molecule has 0 unspecified atom stereocenters. The van der Waals surface area contributed by atoms with Crippen molar-refractivity contribution in [1.29, 1.82) is 4.78 Å². The molecule has 0 aliphatic carbocycles. The largest absolute Gasteiger partial charge is 0.440 e. The predicted octanol–water partition coefficient (Wildman–Crippen LogP) is 2.41. The van der Waals surface area contributed by atoms with E-state index < -0.39 is 10.6 Å². The molecule has 1 rings (SSSR count). The number of hydrogen-bond acceptors (Lipinski definition) is 3. The van der Waals surface area contributed by atoms with Crippen LogP contribution in [-0.4, -0.2) is 0 Å². The molecular formula is C8H8NOS-. The lowest BCUT2D eigenvalue weighted by Crippen LogP contribution is -1.76. The van der Waals surface area contributed by atoms with Gasteiger partial charge in [0, 0.05) is 0 Å². The van der Waals surface area contributed by atoms with Crippen molar-refractivity contribution in [3.05, 3.63) is 36.4 Å². The van der Waals surface area contributed by atoms with Crippen molar-refractivity contribution in [1.82, 2.24) is 0 Å². The second-order valence-electron chi connectivity index (χ2n) is 2.04. The summed E-state index contributed by atoms with van der Waals surface area (Å²) in [6, 6.07) is 6.91. The highest BCUT2D eigenvalue weighted by Gasteiger charge is 1.82. The third kappa shape index (κ3) is 1.91. The van der Waals surface area contributed by atoms with Gasteiger partial charge in [-0.1, -0.05) is 36.9 Å². The Balaban J connectivity index is 3.10. The van der Waals surface area contributed by atoms with E-state index in [1.54, 1.807) is 30.3 Å². The normalized spacial score (nSPS) is 9.91. The summed E-state index contributed by atoms with van der Waals surface area (Å²) in [6.07, 6.45) is 1.71. The van der Waals surface area contributed by atoms with Crippen molar-refractivity contribution in [3.63, 3.8) is 0 Å². The van der Waals surface area contributed by atoms with Gasteiger partial charge >= 0.3 is 0 Å². The fourth-order valence-electron chi connectivity index (χ4n) is 0.728. The molecule has 0 aliphatic rings. The molecule has 0 spiro atoms. The summed E-state index contributed by atoms with van der Waals surface area (Å²) in [7, 11) is -1.62. The first kappa shape index (κ1) is 8.01. The van der Waals surface area contributed by atoms with Gasteiger partial charge in [0.15, 0.2) is 0 Å². The van der Waals surface area contributed by atoms with Crippen LogP contribution in [0.1, 0.15) is 5.56 Å². The molecule has 0 atom stereocenters. The Kier molecular flexibility index (Phi) is 2.44. The van der Waals surface area contributed by atoms with Gasteiger partial charge in [0.25, 0.3) is 0 Å². The highest BCUT2D eigenvalue weighted by molar-refractivity contribution is 7.73. The Morgan fingerprint density at radius 2 is 1.91 bits per heavy atom. The van der Waals surface area contributed by atoms with Gasteiger partial charge < -0.3 is 8.99 Å². The summed E-state index contributed by atoms with van der Waals surface area (Å²) in [6.45, 7) is 3.58. The zero-order chi connectivity index (χ0) is 8.27. The van der Waals surface area contributed by atoms with E-state index in [2.05, 4.69) is 6.58 Å². The van der Waals surface area contributed by atoms with Crippen LogP contribution in [0.5, 0.6) is 0 Å². The molecule has 0 fully saturated rings. The van der Waals surface area contributed by atoms with E-state index in [1.165, 1.54) is 0 Å². The summed E-state index contributed by atoms with van der Waals surface area (Å²) in [5.74, 6) is 0. The lowest BCUT2D eigenvalue weighted by molar-refractivity contribution is 0.599. The topological polar surface area (TPSA) is 40.9 Å². The molecule has 1 aromatic carbocycles. The van der Waals surface area contributed by atoms with Gasteiger partial charge in [-0.15, -0.1) is 4.90 Å². The molecule has 2 nitrogen and oxygen atoms in total. The van der Waals surface area contributed by atoms with E-state index in [9.17, 15) is 4.21 Å². The number of rotatable bonds is 2. The van der Waals surface area contributed by atoms with Gasteiger partial charge in [-0.3, -0.25) is 0 Å². The first-order valence-corrected chi connectivity index (χ1v) is 4.24. The molecule has 1 N–H and O–H groups in total. The Morgan fingerprint density at radius 1 is 1.36 bits per heavy atom. The van der Waals surface area contributed by atoms with Gasteiger partial charge in [-0.05, 0) is 5.56 Å². The molecule has 0 saturated carbocycles. The minimum atomic E-state index is -1.62. The molecule has 0 amide bonds. The number of benzene rings is 1. The molecule has 0 bridgehead atoms. The summed E-state index contributed by atoms with van der Waals surface area (Å²) in [4.78, 5) is 0.524. The second-order valence-corrected chi connectivity index (χ2v) is 3.05. The van der Waals surface area contributed by atoms with Crippen molar-refractivity contribution in [3.8, 4) is 0 Å². The van der Waals surface area contributed by atoms with E-state index >= 15 is 0 Å². The Labute approximate surface area is 67.6 Å². The minimum absolute atomic E-state index is 0.524. The summed E-state index contributed by atoms with van der Waals surface area (Å²) < 4.78 is 17.5. The van der Waals surface area contributed by atoms with Gasteiger partial charge in [0.05, 0.1) is 0 Å². The summed E-state index contributed by atoms with van der Waals surface area (Å²) in [5.41, 5.74) is 0.971. The van der Waals surface area contributed by atoms with Crippen LogP contribution in [0.4, 0.5) is 0 Å². The van der Waals surface area contributed by atoms with Gasteiger partial charge in [0.2, 0.25) is 0 Å². The van der Waals surface area contributed by atoms with Crippen LogP contribution in [-0.2, 0) is 14.8 Å². The van der Waals surface area contributed by atoms with Gasteiger partial charge in [-0.2, -0.15) is 10.6 Å². The summed E-state index contributed by atoms with van der Waals surface area (Å²) in [5, 5.41) is 0. The predicted molar refractivity (Wildman–Crippen MR) is 45.6 cm³/mol. The SMILES string of the molecule is C=Cc1ccc([S-](=N)=O)cc1. The molecular weight excluding hydrogens is 158 g/mol. The molecule has 0 radical (unpaired) electrons. The zero-order valence-corrected chi connectivity index (χ0v) is 6.73. The second kappa shape index (κ2) is 3.34. The first-order chi connectivity index (χ1) is 5.24. The van der Waals surface area contributed by atoms with Crippen molar-refractivity contribution >= 4 is 16.7 Å². The van der Waals surface area contributed by atoms with Crippen molar-refractivity contribution < 1.29 is 4.21 Å². The fraction of sp³-hybridized carbons (Fsp3) is 0. The Morgan fingerprint density at radius 3 is 2.27 bits per heavy atom. The lowest BCUT2D eigenvalue weighted by atomic mass is 10.2. The number of nitrogens with one attached hydrogen (secondary N) is 1. The quantitative estimate of drug-likeness (QED) is 0.673. The molecule has 0 aromatic heterocycles. The van der Waals surface area contributed by atoms with Crippen LogP contribution >= 0.6 is 0 Å². The van der Waals surface area contributed by atoms with E-state index in [0.29, 0.717) is 4.90 Å². The van der Waals surface area contributed by atoms with Crippen LogP contribution < -0.4 is 0 Å². The monoisotopic (exact) mass is 166 g/mol. The highest BCUT2D eigenvalue weighted by Crippen LogP contribution is 2.06. The maximum atomic E-state index is 10.6. The third-order valence-electron chi connectivity index (χ3n) is 1.33. The zero-order valence-electron chi connectivity index (χ0n) is 5.91. The van der Waals surface area contributed by atoms with Crippen LogP contribution in [0.15, 0.2) is 35.7 Å². The highest BCUT2D eigenvalue weighted by atomic mass is 32.2. The van der Waals surface area contributed by atoms with Crippen LogP contribution in [0.2, 0.25) is 0 Å². The molecule has 0 aliphatic heterocycles.